The van der Waals surface area contributed by atoms with Gasteiger partial charge in [-0.25, -0.2) is 14.8 Å². The molecule has 230 valence electrons. The molecule has 1 aromatic heterocycles. The van der Waals surface area contributed by atoms with Crippen molar-refractivity contribution >= 4 is 23.6 Å². The third kappa shape index (κ3) is 9.95. The summed E-state index contributed by atoms with van der Waals surface area (Å²) in [7, 11) is 0. The Labute approximate surface area is 264 Å². The Morgan fingerprint density at radius 1 is 0.818 bits per heavy atom. The Morgan fingerprint density at radius 3 is 2.07 bits per heavy atom. The van der Waals surface area contributed by atoms with E-state index in [1.54, 1.807) is 36.3 Å². The van der Waals surface area contributed by atoms with Gasteiger partial charge in [0.25, 0.3) is 5.91 Å². The molecule has 0 spiro atoms. The molecule has 1 heterocycles. The number of carboxylic acids is 1. The molecule has 1 amide bonds. The first kappa shape index (κ1) is 32.7. The van der Waals surface area contributed by atoms with Gasteiger partial charge in [-0.15, -0.1) is 11.8 Å². The second-order valence-electron chi connectivity index (χ2n) is 11.0. The van der Waals surface area contributed by atoms with Gasteiger partial charge < -0.3 is 15.2 Å². The van der Waals surface area contributed by atoms with Gasteiger partial charge in [-0.2, -0.15) is 0 Å². The number of aliphatic carboxylic acids is 1. The SMILES string of the molecule is CCCCCCCOc1ccc(-c2cnc(-c3ccc(CC(NC(=O)c4ccc(SC(C)C)cc4)C(=O)O)cc3)nc2)cc1. The van der Waals surface area contributed by atoms with Gasteiger partial charge in [-0.05, 0) is 53.9 Å². The summed E-state index contributed by atoms with van der Waals surface area (Å²) >= 11 is 1.70. The molecule has 0 aliphatic carbocycles. The zero-order chi connectivity index (χ0) is 31.3. The number of carboxylic acid groups (broad SMARTS) is 1. The maximum absolute atomic E-state index is 12.7. The number of carbonyl (C=O) groups excluding carboxylic acids is 1. The van der Waals surface area contributed by atoms with Crippen molar-refractivity contribution in [3.63, 3.8) is 0 Å². The van der Waals surface area contributed by atoms with Crippen LogP contribution >= 0.6 is 11.8 Å². The van der Waals surface area contributed by atoms with E-state index in [0.29, 0.717) is 16.6 Å². The number of aromatic nitrogens is 2. The van der Waals surface area contributed by atoms with Crippen molar-refractivity contribution in [1.82, 2.24) is 15.3 Å². The molecule has 0 aliphatic heterocycles. The van der Waals surface area contributed by atoms with Crippen LogP contribution in [0.5, 0.6) is 5.75 Å². The smallest absolute Gasteiger partial charge is 0.326 e. The van der Waals surface area contributed by atoms with Gasteiger partial charge in [0.2, 0.25) is 0 Å². The van der Waals surface area contributed by atoms with Crippen LogP contribution < -0.4 is 10.1 Å². The Bertz CT molecular complexity index is 1470. The Hall–Kier alpha value is -4.17. The lowest BCUT2D eigenvalue weighted by atomic mass is 10.0. The van der Waals surface area contributed by atoms with E-state index in [-0.39, 0.29) is 6.42 Å². The molecule has 2 N–H and O–H groups in total. The van der Waals surface area contributed by atoms with Crippen molar-refractivity contribution in [2.75, 3.05) is 6.61 Å². The molecule has 0 saturated carbocycles. The molecule has 3 aromatic carbocycles. The number of benzene rings is 3. The van der Waals surface area contributed by atoms with E-state index in [0.717, 1.165) is 45.9 Å². The average Bonchev–Trinajstić information content (AvgIpc) is 3.03. The summed E-state index contributed by atoms with van der Waals surface area (Å²) in [5.74, 6) is -0.0640. The fraction of sp³-hybridized carbons (Fsp3) is 0.333. The predicted molar refractivity (Wildman–Crippen MR) is 177 cm³/mol. The van der Waals surface area contributed by atoms with E-state index < -0.39 is 17.9 Å². The van der Waals surface area contributed by atoms with Gasteiger partial charge in [0.15, 0.2) is 5.82 Å². The summed E-state index contributed by atoms with van der Waals surface area (Å²) in [5, 5.41) is 12.9. The predicted octanol–water partition coefficient (Wildman–Crippen LogP) is 8.09. The van der Waals surface area contributed by atoms with Crippen molar-refractivity contribution < 1.29 is 19.4 Å². The number of carbonyl (C=O) groups is 2. The highest BCUT2D eigenvalue weighted by atomic mass is 32.2. The van der Waals surface area contributed by atoms with E-state index in [2.05, 4.69) is 36.1 Å². The van der Waals surface area contributed by atoms with Crippen molar-refractivity contribution in [3.8, 4) is 28.3 Å². The number of ether oxygens (including phenoxy) is 1. The molecule has 8 heteroatoms. The van der Waals surface area contributed by atoms with Gasteiger partial charge in [0.1, 0.15) is 11.8 Å². The zero-order valence-electron chi connectivity index (χ0n) is 25.7. The zero-order valence-corrected chi connectivity index (χ0v) is 26.5. The molecule has 0 bridgehead atoms. The molecule has 1 unspecified atom stereocenters. The van der Waals surface area contributed by atoms with Crippen LogP contribution in [0.1, 0.15) is 68.8 Å². The number of unbranched alkanes of at least 4 members (excludes halogenated alkanes) is 4. The van der Waals surface area contributed by atoms with Gasteiger partial charge in [0.05, 0.1) is 6.61 Å². The van der Waals surface area contributed by atoms with Crippen molar-refractivity contribution in [1.29, 1.82) is 0 Å². The van der Waals surface area contributed by atoms with Crippen molar-refractivity contribution in [2.24, 2.45) is 0 Å². The van der Waals surface area contributed by atoms with Crippen LogP contribution in [0.25, 0.3) is 22.5 Å². The average molecular weight is 612 g/mol. The van der Waals surface area contributed by atoms with Gasteiger partial charge in [0, 0.05) is 45.7 Å². The molecular weight excluding hydrogens is 570 g/mol. The first-order valence-corrected chi connectivity index (χ1v) is 16.2. The van der Waals surface area contributed by atoms with Crippen LogP contribution in [0.2, 0.25) is 0 Å². The maximum Gasteiger partial charge on any atom is 0.326 e. The van der Waals surface area contributed by atoms with Crippen LogP contribution in [0.3, 0.4) is 0 Å². The number of thioether (sulfide) groups is 1. The molecule has 7 nitrogen and oxygen atoms in total. The largest absolute Gasteiger partial charge is 0.494 e. The van der Waals surface area contributed by atoms with Crippen molar-refractivity contribution in [3.05, 3.63) is 96.3 Å². The van der Waals surface area contributed by atoms with E-state index in [9.17, 15) is 14.7 Å². The topological polar surface area (TPSA) is 101 Å². The maximum atomic E-state index is 12.7. The van der Waals surface area contributed by atoms with E-state index in [1.807, 2.05) is 60.7 Å². The highest BCUT2D eigenvalue weighted by Crippen LogP contribution is 2.25. The molecule has 0 radical (unpaired) electrons. The van der Waals surface area contributed by atoms with Crippen LogP contribution in [0.4, 0.5) is 0 Å². The summed E-state index contributed by atoms with van der Waals surface area (Å²) in [6.45, 7) is 7.16. The fourth-order valence-corrected chi connectivity index (χ4v) is 5.53. The van der Waals surface area contributed by atoms with E-state index >= 15 is 0 Å². The molecule has 44 heavy (non-hydrogen) atoms. The first-order valence-electron chi connectivity index (χ1n) is 15.3. The summed E-state index contributed by atoms with van der Waals surface area (Å²) < 4.78 is 5.87. The van der Waals surface area contributed by atoms with Crippen LogP contribution in [0, 0.1) is 0 Å². The van der Waals surface area contributed by atoms with Gasteiger partial charge >= 0.3 is 5.97 Å². The van der Waals surface area contributed by atoms with Crippen LogP contribution in [-0.2, 0) is 11.2 Å². The van der Waals surface area contributed by atoms with Gasteiger partial charge in [-0.3, -0.25) is 4.79 Å². The Balaban J connectivity index is 1.31. The highest BCUT2D eigenvalue weighted by molar-refractivity contribution is 7.99. The number of hydrogen-bond donors (Lipinski definition) is 2. The van der Waals surface area contributed by atoms with E-state index in [1.165, 1.54) is 25.7 Å². The minimum atomic E-state index is -1.09. The number of nitrogens with one attached hydrogen (secondary N) is 1. The lowest BCUT2D eigenvalue weighted by molar-refractivity contribution is -0.139. The van der Waals surface area contributed by atoms with Crippen LogP contribution in [-0.4, -0.2) is 44.8 Å². The minimum absolute atomic E-state index is 0.154. The molecule has 0 aliphatic rings. The molecule has 4 aromatic rings. The van der Waals surface area contributed by atoms with Gasteiger partial charge in [-0.1, -0.05) is 82.9 Å². The third-order valence-electron chi connectivity index (χ3n) is 7.10. The Morgan fingerprint density at radius 2 is 1.45 bits per heavy atom. The molecule has 1 atom stereocenters. The Kier molecular flexibility index (Phi) is 12.4. The summed E-state index contributed by atoms with van der Waals surface area (Å²) in [4.78, 5) is 34.9. The second-order valence-corrected chi connectivity index (χ2v) is 12.7. The summed E-state index contributed by atoms with van der Waals surface area (Å²) in [6, 6.07) is 21.5. The lowest BCUT2D eigenvalue weighted by Gasteiger charge is -2.15. The monoisotopic (exact) mass is 611 g/mol. The molecule has 0 saturated heterocycles. The normalized spacial score (nSPS) is 11.7. The molecule has 0 fully saturated rings. The minimum Gasteiger partial charge on any atom is -0.494 e. The summed E-state index contributed by atoms with van der Waals surface area (Å²) in [5.41, 5.74) is 3.94. The van der Waals surface area contributed by atoms with E-state index in [4.69, 9.17) is 4.74 Å². The first-order chi connectivity index (χ1) is 21.3. The third-order valence-corrected chi connectivity index (χ3v) is 8.12. The summed E-state index contributed by atoms with van der Waals surface area (Å²) in [6.07, 6.45) is 9.80. The number of rotatable bonds is 16. The molecule has 4 rings (SSSR count). The lowest BCUT2D eigenvalue weighted by Crippen LogP contribution is -2.42. The highest BCUT2D eigenvalue weighted by Gasteiger charge is 2.21. The van der Waals surface area contributed by atoms with Crippen LogP contribution in [0.15, 0.2) is 90.1 Å². The number of nitrogens with zero attached hydrogens (tertiary/aromatic N) is 2. The quantitative estimate of drug-likeness (QED) is 0.0975. The number of amides is 1. The standard InChI is InChI=1S/C36H41N3O4S/c1-4-5-6-7-8-21-43-31-17-13-27(14-18-31)30-23-37-34(38-24-30)28-11-9-26(10-12-28)22-33(36(41)42)39-35(40)29-15-19-32(20-16-29)44-25(2)3/h9-20,23-25,33H,4-8,21-22H2,1-3H3,(H,39,40)(H,41,42). The fourth-order valence-electron chi connectivity index (χ4n) is 4.69. The second kappa shape index (κ2) is 16.6. The van der Waals surface area contributed by atoms with Crippen molar-refractivity contribution in [2.45, 2.75) is 75.5 Å². The number of hydrogen-bond acceptors (Lipinski definition) is 6. The molecular formula is C36H41N3O4S.